The Morgan fingerprint density at radius 1 is 0.771 bits per heavy atom. The van der Waals surface area contributed by atoms with Crippen LogP contribution in [0.3, 0.4) is 0 Å². The van der Waals surface area contributed by atoms with Crippen LogP contribution >= 0.6 is 0 Å². The zero-order chi connectivity index (χ0) is 24.5. The molecule has 1 aliphatic carbocycles. The highest BCUT2D eigenvalue weighted by Crippen LogP contribution is 2.31. The van der Waals surface area contributed by atoms with Gasteiger partial charge in [-0.15, -0.1) is 0 Å². The Morgan fingerprint density at radius 2 is 1.51 bits per heavy atom. The highest BCUT2D eigenvalue weighted by atomic mass is 19.1. The van der Waals surface area contributed by atoms with Crippen LogP contribution in [0.15, 0.2) is 54.6 Å². The van der Waals surface area contributed by atoms with Crippen LogP contribution in [-0.2, 0) is 12.8 Å². The summed E-state index contributed by atoms with van der Waals surface area (Å²) in [7, 11) is 0. The smallest absolute Gasteiger partial charge is 0.146 e. The highest BCUT2D eigenvalue weighted by molar-refractivity contribution is 5.85. The number of benzene rings is 3. The first-order valence-corrected chi connectivity index (χ1v) is 13.9. The molecule has 0 unspecified atom stereocenters. The molecule has 0 saturated heterocycles. The van der Waals surface area contributed by atoms with Crippen molar-refractivity contribution in [3.63, 3.8) is 0 Å². The van der Waals surface area contributed by atoms with Crippen LogP contribution in [0.1, 0.15) is 100 Å². The summed E-state index contributed by atoms with van der Waals surface area (Å²) in [6.45, 7) is 4.62. The number of hydrogen-bond acceptors (Lipinski definition) is 0. The third kappa shape index (κ3) is 7.44. The second kappa shape index (κ2) is 12.9. The van der Waals surface area contributed by atoms with Crippen LogP contribution in [0.5, 0.6) is 0 Å². The third-order valence-corrected chi connectivity index (χ3v) is 7.86. The molecule has 0 radical (unpaired) electrons. The maximum Gasteiger partial charge on any atom is 0.146 e. The minimum absolute atomic E-state index is 0.202. The van der Waals surface area contributed by atoms with Gasteiger partial charge in [-0.25, -0.2) is 4.39 Å². The SMILES string of the molecule is CCCCCCCc1ccc(C#Cc2ccc3cc(CCC4CCC(C)CC4)ccc3c2F)cc1. The molecule has 3 aromatic carbocycles. The van der Waals surface area contributed by atoms with Gasteiger partial charge in [-0.3, -0.25) is 0 Å². The number of unbranched alkanes of at least 4 members (excludes halogenated alkanes) is 4. The van der Waals surface area contributed by atoms with E-state index >= 15 is 4.39 Å². The van der Waals surface area contributed by atoms with Gasteiger partial charge in [-0.05, 0) is 72.2 Å². The topological polar surface area (TPSA) is 0 Å². The standard InChI is InChI=1S/C34H41F/c1-3-4-5-6-7-8-27-13-15-29(16-14-27)19-21-31-22-23-32-25-30(20-24-33(32)34(31)35)18-17-28-11-9-26(2)10-12-28/h13-16,20,22-26,28H,3-12,17-18H2,1-2H3. The molecule has 3 aromatic rings. The Labute approximate surface area is 212 Å². The lowest BCUT2D eigenvalue weighted by atomic mass is 9.80. The number of halogens is 1. The van der Waals surface area contributed by atoms with Gasteiger partial charge in [0.05, 0.1) is 5.56 Å². The fraction of sp³-hybridized carbons (Fsp3) is 0.471. The Morgan fingerprint density at radius 3 is 2.29 bits per heavy atom. The van der Waals surface area contributed by atoms with Crippen molar-refractivity contribution in [2.75, 3.05) is 0 Å². The first kappa shape index (κ1) is 25.5. The molecule has 0 amide bonds. The average Bonchev–Trinajstić information content (AvgIpc) is 2.88. The average molecular weight is 469 g/mol. The molecule has 35 heavy (non-hydrogen) atoms. The van der Waals surface area contributed by atoms with Crippen molar-refractivity contribution in [2.45, 2.75) is 90.9 Å². The highest BCUT2D eigenvalue weighted by Gasteiger charge is 2.18. The van der Waals surface area contributed by atoms with E-state index in [0.29, 0.717) is 10.9 Å². The molecule has 0 spiro atoms. The zero-order valence-electron chi connectivity index (χ0n) is 21.7. The molecule has 0 N–H and O–H groups in total. The van der Waals surface area contributed by atoms with Crippen LogP contribution in [-0.4, -0.2) is 0 Å². The summed E-state index contributed by atoms with van der Waals surface area (Å²) in [5.41, 5.74) is 4.09. The molecule has 1 saturated carbocycles. The van der Waals surface area contributed by atoms with Crippen LogP contribution in [0, 0.1) is 29.5 Å². The van der Waals surface area contributed by atoms with Crippen molar-refractivity contribution in [1.82, 2.24) is 0 Å². The van der Waals surface area contributed by atoms with Gasteiger partial charge in [0.15, 0.2) is 0 Å². The van der Waals surface area contributed by atoms with Crippen LogP contribution in [0.2, 0.25) is 0 Å². The monoisotopic (exact) mass is 468 g/mol. The molecular formula is C34H41F. The van der Waals surface area contributed by atoms with E-state index in [2.05, 4.69) is 62.1 Å². The van der Waals surface area contributed by atoms with Crippen LogP contribution in [0.4, 0.5) is 4.39 Å². The first-order chi connectivity index (χ1) is 17.1. The van der Waals surface area contributed by atoms with E-state index in [1.54, 1.807) is 0 Å². The van der Waals surface area contributed by atoms with Gasteiger partial charge in [0.25, 0.3) is 0 Å². The molecular weight excluding hydrogens is 427 g/mol. The molecule has 0 aliphatic heterocycles. The van der Waals surface area contributed by atoms with E-state index < -0.39 is 0 Å². The summed E-state index contributed by atoms with van der Waals surface area (Å²) in [5, 5.41) is 1.65. The van der Waals surface area contributed by atoms with E-state index in [1.165, 1.54) is 75.3 Å². The molecule has 4 rings (SSSR count). The summed E-state index contributed by atoms with van der Waals surface area (Å²) in [6.07, 6.45) is 15.5. The van der Waals surface area contributed by atoms with Crippen molar-refractivity contribution in [3.05, 3.63) is 82.7 Å². The number of aryl methyl sites for hydroxylation is 2. The molecule has 0 bridgehead atoms. The maximum absolute atomic E-state index is 15.2. The quantitative estimate of drug-likeness (QED) is 0.216. The van der Waals surface area contributed by atoms with Gasteiger partial charge in [-0.1, -0.05) is 113 Å². The molecule has 1 heteroatoms. The van der Waals surface area contributed by atoms with Gasteiger partial charge in [-0.2, -0.15) is 0 Å². The normalized spacial score (nSPS) is 17.8. The minimum atomic E-state index is -0.202. The minimum Gasteiger partial charge on any atom is -0.205 e. The predicted octanol–water partition coefficient (Wildman–Crippen LogP) is 9.65. The molecule has 0 atom stereocenters. The molecule has 0 aromatic heterocycles. The maximum atomic E-state index is 15.2. The number of rotatable bonds is 9. The second-order valence-electron chi connectivity index (χ2n) is 10.8. The largest absolute Gasteiger partial charge is 0.205 e. The molecule has 1 aliphatic rings. The summed E-state index contributed by atoms with van der Waals surface area (Å²) in [5.74, 6) is 7.78. The summed E-state index contributed by atoms with van der Waals surface area (Å²) >= 11 is 0. The van der Waals surface area contributed by atoms with Gasteiger partial charge < -0.3 is 0 Å². The zero-order valence-corrected chi connectivity index (χ0v) is 21.7. The lowest BCUT2D eigenvalue weighted by molar-refractivity contribution is 0.278. The van der Waals surface area contributed by atoms with Gasteiger partial charge in [0.2, 0.25) is 0 Å². The van der Waals surface area contributed by atoms with Crippen LogP contribution in [0.25, 0.3) is 10.8 Å². The van der Waals surface area contributed by atoms with Gasteiger partial charge in [0.1, 0.15) is 5.82 Å². The Hall–Kier alpha value is -2.59. The van der Waals surface area contributed by atoms with E-state index in [1.807, 2.05) is 18.2 Å². The second-order valence-corrected chi connectivity index (χ2v) is 10.8. The summed E-state index contributed by atoms with van der Waals surface area (Å²) in [4.78, 5) is 0. The van der Waals surface area contributed by atoms with E-state index in [0.717, 1.165) is 35.6 Å². The summed E-state index contributed by atoms with van der Waals surface area (Å²) in [6, 6.07) is 18.5. The lowest BCUT2D eigenvalue weighted by Crippen LogP contribution is -2.12. The summed E-state index contributed by atoms with van der Waals surface area (Å²) < 4.78 is 15.2. The van der Waals surface area contributed by atoms with E-state index in [4.69, 9.17) is 0 Å². The van der Waals surface area contributed by atoms with Crippen molar-refractivity contribution in [2.24, 2.45) is 11.8 Å². The van der Waals surface area contributed by atoms with Crippen molar-refractivity contribution in [3.8, 4) is 11.8 Å². The fourth-order valence-electron chi connectivity index (χ4n) is 5.41. The Kier molecular flexibility index (Phi) is 9.42. The lowest BCUT2D eigenvalue weighted by Gasteiger charge is -2.26. The fourth-order valence-corrected chi connectivity index (χ4v) is 5.41. The Bertz CT molecular complexity index is 1140. The number of fused-ring (bicyclic) bond motifs is 1. The van der Waals surface area contributed by atoms with Crippen LogP contribution < -0.4 is 0 Å². The Balaban J connectivity index is 1.36. The van der Waals surface area contributed by atoms with Crippen molar-refractivity contribution < 1.29 is 4.39 Å². The molecule has 0 heterocycles. The van der Waals surface area contributed by atoms with Crippen molar-refractivity contribution in [1.29, 1.82) is 0 Å². The van der Waals surface area contributed by atoms with Crippen molar-refractivity contribution >= 4 is 10.8 Å². The molecule has 1 fully saturated rings. The molecule has 0 nitrogen and oxygen atoms in total. The third-order valence-electron chi connectivity index (χ3n) is 7.86. The van der Waals surface area contributed by atoms with E-state index in [9.17, 15) is 0 Å². The number of hydrogen-bond donors (Lipinski definition) is 0. The molecule has 184 valence electrons. The predicted molar refractivity (Wildman–Crippen MR) is 148 cm³/mol. The van der Waals surface area contributed by atoms with E-state index in [-0.39, 0.29) is 5.82 Å². The van der Waals surface area contributed by atoms with Gasteiger partial charge in [0, 0.05) is 10.9 Å². The van der Waals surface area contributed by atoms with Gasteiger partial charge >= 0.3 is 0 Å². The first-order valence-electron chi connectivity index (χ1n) is 13.9.